The Hall–Kier alpha value is -5.28. The average Bonchev–Trinajstić information content (AvgIpc) is 3.90. The monoisotopic (exact) mass is 1140 g/mol. The standard InChI is InChI=1S/C58H76N6O8S4Si/c1-9-10-11-21-34-70-53(67)57(4,39-56(3,42-60)31-29-49(65)61-33-22-35-77(7,8)69-6)40-58(5,76-52(74)46-27-19-14-20-28-46)54(68)72-43-64-37-47(62-63-64)38-71-50(66)30-32-55(2,41-59)36-48(44-23-15-12-16-24-44)75-51(73)45-25-17-13-18-26-45/h12-20,23-28,37,48H,9-11,21-22,29-36,38-40,43H2,1-8H3,(H,61,65). The predicted octanol–water partition coefficient (Wildman–Crippen LogP) is 12.8. The third kappa shape index (κ3) is 21.8. The number of thioether (sulfide) groups is 2. The number of rotatable bonds is 33. The average molecular weight is 1140 g/mol. The zero-order valence-electron chi connectivity index (χ0n) is 46.0. The van der Waals surface area contributed by atoms with E-state index < -0.39 is 47.2 Å². The molecule has 0 aliphatic rings. The van der Waals surface area contributed by atoms with Gasteiger partial charge in [0.25, 0.3) is 0 Å². The van der Waals surface area contributed by atoms with Crippen LogP contribution in [0, 0.1) is 38.9 Å². The molecular formula is C58H76N6O8S4Si. The summed E-state index contributed by atoms with van der Waals surface area (Å²) in [6.45, 7) is 13.3. The second-order valence-electron chi connectivity index (χ2n) is 21.2. The lowest BCUT2D eigenvalue weighted by molar-refractivity contribution is -0.160. The highest BCUT2D eigenvalue weighted by atomic mass is 32.2. The molecule has 5 atom stereocenters. The van der Waals surface area contributed by atoms with Gasteiger partial charge in [0, 0.05) is 31.7 Å². The van der Waals surface area contributed by atoms with Crippen molar-refractivity contribution < 1.29 is 37.8 Å². The fourth-order valence-corrected chi connectivity index (χ4v) is 13.7. The maximum absolute atomic E-state index is 14.6. The number of nitrogens with one attached hydrogen (secondary N) is 1. The highest BCUT2D eigenvalue weighted by Crippen LogP contribution is 2.48. The van der Waals surface area contributed by atoms with Gasteiger partial charge in [0.15, 0.2) is 15.0 Å². The minimum atomic E-state index is -1.78. The fourth-order valence-electron chi connectivity index (χ4n) is 8.80. The van der Waals surface area contributed by atoms with E-state index in [-0.39, 0.29) is 69.6 Å². The van der Waals surface area contributed by atoms with Gasteiger partial charge >= 0.3 is 17.9 Å². The van der Waals surface area contributed by atoms with Gasteiger partial charge in [-0.2, -0.15) is 10.5 Å². The number of hydrogen-bond donors (Lipinski definition) is 1. The summed E-state index contributed by atoms with van der Waals surface area (Å²) in [5.41, 5.74) is -0.536. The summed E-state index contributed by atoms with van der Waals surface area (Å²) in [5.74, 6) is -1.99. The maximum atomic E-state index is 14.6. The molecule has 0 fully saturated rings. The van der Waals surface area contributed by atoms with Crippen LogP contribution in [-0.4, -0.2) is 80.5 Å². The van der Waals surface area contributed by atoms with Crippen molar-refractivity contribution in [3.8, 4) is 12.1 Å². The molecule has 0 spiro atoms. The number of thiocarbonyl (C=S) groups is 2. The first-order chi connectivity index (χ1) is 36.6. The minimum Gasteiger partial charge on any atom is -0.465 e. The normalized spacial score (nSPS) is 14.9. The van der Waals surface area contributed by atoms with Crippen LogP contribution in [0.25, 0.3) is 0 Å². The number of aromatic nitrogens is 3. The molecule has 0 aliphatic carbocycles. The largest absolute Gasteiger partial charge is 0.465 e. The summed E-state index contributed by atoms with van der Waals surface area (Å²) in [6.07, 6.45) is 6.51. The molecule has 19 heteroatoms. The molecule has 0 saturated heterocycles. The molecule has 0 aliphatic heterocycles. The van der Waals surface area contributed by atoms with E-state index >= 15 is 0 Å². The molecule has 0 saturated carbocycles. The van der Waals surface area contributed by atoms with E-state index in [9.17, 15) is 29.7 Å². The van der Waals surface area contributed by atoms with E-state index in [1.165, 1.54) is 22.6 Å². The first-order valence-electron chi connectivity index (χ1n) is 26.2. The third-order valence-corrected chi connectivity index (χ3v) is 19.5. The van der Waals surface area contributed by atoms with Crippen molar-refractivity contribution in [3.63, 3.8) is 0 Å². The number of amides is 1. The molecule has 1 aromatic heterocycles. The van der Waals surface area contributed by atoms with Crippen molar-refractivity contribution in [2.75, 3.05) is 20.3 Å². The van der Waals surface area contributed by atoms with Gasteiger partial charge < -0.3 is 24.0 Å². The lowest BCUT2D eigenvalue weighted by Crippen LogP contribution is -2.46. The van der Waals surface area contributed by atoms with Crippen molar-refractivity contribution in [1.29, 1.82) is 10.5 Å². The van der Waals surface area contributed by atoms with E-state index in [0.717, 1.165) is 58.8 Å². The van der Waals surface area contributed by atoms with Crippen molar-refractivity contribution in [2.45, 2.75) is 154 Å². The minimum absolute atomic E-state index is 0.0180. The summed E-state index contributed by atoms with van der Waals surface area (Å²) >= 11 is 14.3. The Kier molecular flexibility index (Phi) is 26.2. The summed E-state index contributed by atoms with van der Waals surface area (Å²) in [7, 11) is -0.0680. The van der Waals surface area contributed by atoms with Crippen molar-refractivity contribution in [2.24, 2.45) is 16.2 Å². The SMILES string of the molecule is CCCCCCOC(=O)C(C)(CC(C)(C#N)CCC(=O)NCCC[Si](C)(C)OC)CC(C)(SC(=S)c1ccccc1)C(=O)OCn1cc(COC(=O)CCC(C)(C#N)CC(SC(=S)c2ccccc2)c2ccccc2)nn1. The zero-order valence-corrected chi connectivity index (χ0v) is 50.2. The van der Waals surface area contributed by atoms with Crippen LogP contribution >= 0.6 is 48.0 Å². The van der Waals surface area contributed by atoms with Crippen LogP contribution < -0.4 is 5.32 Å². The molecule has 4 aromatic rings. The first-order valence-corrected chi connectivity index (χ1v) is 31.9. The highest BCUT2D eigenvalue weighted by molar-refractivity contribution is 8.25. The van der Waals surface area contributed by atoms with E-state index in [2.05, 4.69) is 47.8 Å². The Labute approximate surface area is 476 Å². The zero-order chi connectivity index (χ0) is 56.5. The molecule has 1 N–H and O–H groups in total. The molecule has 5 unspecified atom stereocenters. The molecular weight excluding hydrogens is 1070 g/mol. The van der Waals surface area contributed by atoms with Gasteiger partial charge in [-0.15, -0.1) is 16.9 Å². The smallest absolute Gasteiger partial charge is 0.324 e. The summed E-state index contributed by atoms with van der Waals surface area (Å²) < 4.78 is 24.0. The van der Waals surface area contributed by atoms with Gasteiger partial charge in [-0.05, 0) is 108 Å². The Balaban J connectivity index is 1.46. The van der Waals surface area contributed by atoms with Crippen LogP contribution in [0.1, 0.15) is 139 Å². The van der Waals surface area contributed by atoms with E-state index in [1.807, 2.05) is 97.9 Å². The van der Waals surface area contributed by atoms with Crippen molar-refractivity contribution in [3.05, 3.63) is 120 Å². The summed E-state index contributed by atoms with van der Waals surface area (Å²) in [5, 5.41) is 32.2. The van der Waals surface area contributed by atoms with E-state index in [4.69, 9.17) is 43.1 Å². The molecule has 14 nitrogen and oxygen atoms in total. The molecule has 0 bridgehead atoms. The molecule has 77 heavy (non-hydrogen) atoms. The van der Waals surface area contributed by atoms with Gasteiger partial charge in [-0.1, -0.05) is 159 Å². The summed E-state index contributed by atoms with van der Waals surface area (Å²) in [4.78, 5) is 55.3. The maximum Gasteiger partial charge on any atom is 0.324 e. The van der Waals surface area contributed by atoms with Gasteiger partial charge in [0.05, 0.1) is 49.6 Å². The second kappa shape index (κ2) is 31.3. The molecule has 0 radical (unpaired) electrons. The van der Waals surface area contributed by atoms with Gasteiger partial charge in [0.2, 0.25) is 5.91 Å². The van der Waals surface area contributed by atoms with Gasteiger partial charge in [0.1, 0.15) is 17.0 Å². The molecule has 1 heterocycles. The van der Waals surface area contributed by atoms with Crippen LogP contribution in [0.5, 0.6) is 0 Å². The lowest BCUT2D eigenvalue weighted by atomic mass is 9.68. The topological polar surface area (TPSA) is 196 Å². The van der Waals surface area contributed by atoms with Crippen LogP contribution in [0.4, 0.5) is 0 Å². The third-order valence-electron chi connectivity index (χ3n) is 13.5. The number of benzene rings is 3. The van der Waals surface area contributed by atoms with E-state index in [0.29, 0.717) is 34.8 Å². The number of carbonyl (C=O) groups excluding carboxylic acids is 4. The quantitative estimate of drug-likeness (QED) is 0.0155. The molecule has 414 valence electrons. The number of nitriles is 2. The first kappa shape index (κ1) is 64.2. The van der Waals surface area contributed by atoms with Gasteiger partial charge in [-0.25, -0.2) is 4.68 Å². The Morgan fingerprint density at radius 2 is 1.38 bits per heavy atom. The predicted molar refractivity (Wildman–Crippen MR) is 315 cm³/mol. The fraction of sp³-hybridized carbons (Fsp3) is 0.517. The molecule has 1 amide bonds. The number of esters is 3. The lowest BCUT2D eigenvalue weighted by Gasteiger charge is -2.39. The number of ether oxygens (including phenoxy) is 3. The van der Waals surface area contributed by atoms with Gasteiger partial charge in [-0.3, -0.25) is 19.2 Å². The number of hydrogen-bond acceptors (Lipinski definition) is 16. The van der Waals surface area contributed by atoms with E-state index in [1.54, 1.807) is 27.9 Å². The molecule has 4 rings (SSSR count). The highest BCUT2D eigenvalue weighted by Gasteiger charge is 2.51. The number of carbonyl (C=O) groups is 4. The van der Waals surface area contributed by atoms with Crippen LogP contribution in [0.3, 0.4) is 0 Å². The van der Waals surface area contributed by atoms with Crippen LogP contribution in [0.2, 0.25) is 19.1 Å². The Bertz CT molecular complexity index is 2650. The Morgan fingerprint density at radius 3 is 1.99 bits per heavy atom. The summed E-state index contributed by atoms with van der Waals surface area (Å²) in [6, 6.07) is 34.6. The van der Waals surface area contributed by atoms with Crippen molar-refractivity contribution in [1.82, 2.24) is 20.3 Å². The number of nitrogens with zero attached hydrogens (tertiary/aromatic N) is 5. The molecule has 3 aromatic carbocycles. The second-order valence-corrected chi connectivity index (χ2v) is 29.7. The number of unbranched alkanes of at least 4 members (excludes halogenated alkanes) is 3. The Morgan fingerprint density at radius 1 is 0.766 bits per heavy atom. The van der Waals surface area contributed by atoms with Crippen molar-refractivity contribution >= 4 is 88.5 Å². The van der Waals surface area contributed by atoms with Crippen LogP contribution in [-0.2, 0) is 51.2 Å². The van der Waals surface area contributed by atoms with Crippen LogP contribution in [0.15, 0.2) is 97.2 Å².